The predicted molar refractivity (Wildman–Crippen MR) is 76.5 cm³/mol. The molecule has 0 aromatic carbocycles. The molecular weight excluding hydrogens is 264 g/mol. The Morgan fingerprint density at radius 2 is 2.42 bits per heavy atom. The molecule has 1 aliphatic heterocycles. The van der Waals surface area contributed by atoms with Gasteiger partial charge in [-0.1, -0.05) is 11.3 Å². The molecule has 1 aromatic heterocycles. The van der Waals surface area contributed by atoms with Crippen LogP contribution in [0.1, 0.15) is 29.9 Å². The average molecular weight is 284 g/mol. The van der Waals surface area contributed by atoms with Crippen LogP contribution in [0.4, 0.5) is 10.9 Å². The summed E-state index contributed by atoms with van der Waals surface area (Å²) in [5, 5.41) is 6.65. The van der Waals surface area contributed by atoms with Gasteiger partial charge in [0, 0.05) is 25.6 Å². The van der Waals surface area contributed by atoms with Crippen LogP contribution in [-0.4, -0.2) is 36.7 Å². The molecule has 1 fully saturated rings. The SMILES string of the molecule is CCNc1nc(N)c(C(=O)NCC2CCOC2C)s1. The van der Waals surface area contributed by atoms with Crippen LogP contribution in [0.2, 0.25) is 0 Å². The van der Waals surface area contributed by atoms with Gasteiger partial charge in [0.05, 0.1) is 6.10 Å². The number of ether oxygens (including phenoxy) is 1. The highest BCUT2D eigenvalue weighted by molar-refractivity contribution is 7.18. The van der Waals surface area contributed by atoms with E-state index in [-0.39, 0.29) is 17.8 Å². The quantitative estimate of drug-likeness (QED) is 0.758. The van der Waals surface area contributed by atoms with E-state index in [0.717, 1.165) is 19.6 Å². The van der Waals surface area contributed by atoms with Gasteiger partial charge in [0.1, 0.15) is 10.7 Å². The lowest BCUT2D eigenvalue weighted by Crippen LogP contribution is -2.31. The lowest BCUT2D eigenvalue weighted by molar-refractivity contribution is 0.0911. The molecule has 0 aliphatic carbocycles. The van der Waals surface area contributed by atoms with E-state index in [0.29, 0.717) is 22.5 Å². The molecule has 0 saturated carbocycles. The Labute approximate surface area is 116 Å². The fraction of sp³-hybridized carbons (Fsp3) is 0.667. The summed E-state index contributed by atoms with van der Waals surface area (Å²) >= 11 is 1.28. The number of hydrogen-bond acceptors (Lipinski definition) is 6. The number of carbonyl (C=O) groups is 1. The van der Waals surface area contributed by atoms with E-state index in [1.165, 1.54) is 11.3 Å². The Bertz CT molecular complexity index is 449. The summed E-state index contributed by atoms with van der Waals surface area (Å²) in [6, 6.07) is 0. The van der Waals surface area contributed by atoms with E-state index in [4.69, 9.17) is 10.5 Å². The van der Waals surface area contributed by atoms with Crippen molar-refractivity contribution in [3.8, 4) is 0 Å². The summed E-state index contributed by atoms with van der Waals surface area (Å²) < 4.78 is 5.47. The van der Waals surface area contributed by atoms with Crippen LogP contribution in [0.25, 0.3) is 0 Å². The topological polar surface area (TPSA) is 89.3 Å². The molecule has 1 saturated heterocycles. The molecule has 2 heterocycles. The summed E-state index contributed by atoms with van der Waals surface area (Å²) in [7, 11) is 0. The van der Waals surface area contributed by atoms with Crippen molar-refractivity contribution < 1.29 is 9.53 Å². The molecule has 6 nitrogen and oxygen atoms in total. The maximum atomic E-state index is 12.1. The Hall–Kier alpha value is -1.34. The highest BCUT2D eigenvalue weighted by atomic mass is 32.1. The molecule has 2 atom stereocenters. The fourth-order valence-corrected chi connectivity index (χ4v) is 2.94. The second kappa shape index (κ2) is 6.21. The van der Waals surface area contributed by atoms with E-state index < -0.39 is 0 Å². The van der Waals surface area contributed by atoms with Gasteiger partial charge in [-0.3, -0.25) is 4.79 Å². The normalized spacial score (nSPS) is 22.4. The molecule has 1 aromatic rings. The zero-order valence-corrected chi connectivity index (χ0v) is 12.0. The van der Waals surface area contributed by atoms with Crippen LogP contribution in [0.5, 0.6) is 0 Å². The van der Waals surface area contributed by atoms with Crippen molar-refractivity contribution in [2.45, 2.75) is 26.4 Å². The van der Waals surface area contributed by atoms with Gasteiger partial charge in [0.15, 0.2) is 5.13 Å². The van der Waals surface area contributed by atoms with Crippen LogP contribution in [0.3, 0.4) is 0 Å². The molecule has 0 radical (unpaired) electrons. The van der Waals surface area contributed by atoms with Crippen LogP contribution in [0.15, 0.2) is 0 Å². The first kappa shape index (κ1) is 14.1. The third-order valence-corrected chi connectivity index (χ3v) is 4.27. The van der Waals surface area contributed by atoms with Gasteiger partial charge < -0.3 is 21.1 Å². The summed E-state index contributed by atoms with van der Waals surface area (Å²) in [6.45, 7) is 6.15. The number of rotatable bonds is 5. The number of nitrogens with zero attached hydrogens (tertiary/aromatic N) is 1. The lowest BCUT2D eigenvalue weighted by atomic mass is 10.0. The first-order valence-corrected chi connectivity index (χ1v) is 7.33. The van der Waals surface area contributed by atoms with Crippen molar-refractivity contribution in [2.75, 3.05) is 30.7 Å². The molecule has 106 valence electrons. The number of thiazole rings is 1. The molecule has 1 amide bonds. The second-order valence-corrected chi connectivity index (χ2v) is 5.60. The van der Waals surface area contributed by atoms with E-state index >= 15 is 0 Å². The molecule has 4 N–H and O–H groups in total. The molecule has 2 rings (SSSR count). The summed E-state index contributed by atoms with van der Waals surface area (Å²) in [6.07, 6.45) is 1.19. The smallest absolute Gasteiger partial charge is 0.265 e. The Balaban J connectivity index is 1.92. The Kier molecular flexibility index (Phi) is 4.60. The number of nitrogens with two attached hydrogens (primary N) is 1. The molecular formula is C12H20N4O2S. The van der Waals surface area contributed by atoms with Gasteiger partial charge in [-0.25, -0.2) is 4.98 Å². The van der Waals surface area contributed by atoms with Crippen LogP contribution < -0.4 is 16.4 Å². The minimum absolute atomic E-state index is 0.154. The number of nitrogen functional groups attached to an aromatic ring is 1. The fourth-order valence-electron chi connectivity index (χ4n) is 2.07. The van der Waals surface area contributed by atoms with Crippen molar-refractivity contribution in [1.82, 2.24) is 10.3 Å². The second-order valence-electron chi connectivity index (χ2n) is 4.60. The molecule has 2 unspecified atom stereocenters. The van der Waals surface area contributed by atoms with E-state index in [2.05, 4.69) is 15.6 Å². The van der Waals surface area contributed by atoms with Crippen LogP contribution >= 0.6 is 11.3 Å². The minimum Gasteiger partial charge on any atom is -0.382 e. The van der Waals surface area contributed by atoms with E-state index in [9.17, 15) is 4.79 Å². The standard InChI is InChI=1S/C12H20N4O2S/c1-3-14-12-16-10(13)9(19-12)11(17)15-6-8-4-5-18-7(8)2/h7-8H,3-6,13H2,1-2H3,(H,14,16)(H,15,17). The summed E-state index contributed by atoms with van der Waals surface area (Å²) in [4.78, 5) is 16.6. The number of amides is 1. The van der Waals surface area contributed by atoms with Crippen molar-refractivity contribution in [3.63, 3.8) is 0 Å². The lowest BCUT2D eigenvalue weighted by Gasteiger charge is -2.14. The number of carbonyl (C=O) groups excluding carboxylic acids is 1. The van der Waals surface area contributed by atoms with Gasteiger partial charge >= 0.3 is 0 Å². The molecule has 1 aliphatic rings. The van der Waals surface area contributed by atoms with Crippen molar-refractivity contribution >= 4 is 28.2 Å². The summed E-state index contributed by atoms with van der Waals surface area (Å²) in [5.74, 6) is 0.513. The van der Waals surface area contributed by atoms with Crippen molar-refractivity contribution in [2.24, 2.45) is 5.92 Å². The third kappa shape index (κ3) is 3.36. The minimum atomic E-state index is -0.154. The maximum absolute atomic E-state index is 12.1. The van der Waals surface area contributed by atoms with Crippen LogP contribution in [0, 0.1) is 5.92 Å². The highest BCUT2D eigenvalue weighted by Crippen LogP contribution is 2.25. The first-order chi connectivity index (χ1) is 9.11. The Morgan fingerprint density at radius 1 is 1.63 bits per heavy atom. The van der Waals surface area contributed by atoms with Crippen LogP contribution in [-0.2, 0) is 4.74 Å². The number of aromatic nitrogens is 1. The van der Waals surface area contributed by atoms with Gasteiger partial charge in [-0.05, 0) is 20.3 Å². The Morgan fingerprint density at radius 3 is 3.05 bits per heavy atom. The van der Waals surface area contributed by atoms with Gasteiger partial charge in [0.2, 0.25) is 0 Å². The van der Waals surface area contributed by atoms with Gasteiger partial charge in [-0.15, -0.1) is 0 Å². The monoisotopic (exact) mass is 284 g/mol. The zero-order chi connectivity index (χ0) is 13.8. The van der Waals surface area contributed by atoms with Crippen molar-refractivity contribution in [1.29, 1.82) is 0 Å². The number of hydrogen-bond donors (Lipinski definition) is 3. The molecule has 19 heavy (non-hydrogen) atoms. The molecule has 0 bridgehead atoms. The highest BCUT2D eigenvalue weighted by Gasteiger charge is 2.25. The van der Waals surface area contributed by atoms with Crippen molar-refractivity contribution in [3.05, 3.63) is 4.88 Å². The van der Waals surface area contributed by atoms with E-state index in [1.807, 2.05) is 13.8 Å². The van der Waals surface area contributed by atoms with E-state index in [1.54, 1.807) is 0 Å². The molecule has 0 spiro atoms. The molecule has 7 heteroatoms. The van der Waals surface area contributed by atoms with Gasteiger partial charge in [-0.2, -0.15) is 0 Å². The third-order valence-electron chi connectivity index (χ3n) is 3.25. The maximum Gasteiger partial charge on any atom is 0.265 e. The number of anilines is 2. The largest absolute Gasteiger partial charge is 0.382 e. The zero-order valence-electron chi connectivity index (χ0n) is 11.2. The predicted octanol–water partition coefficient (Wildman–Crippen LogP) is 1.31. The number of nitrogens with one attached hydrogen (secondary N) is 2. The average Bonchev–Trinajstić information content (AvgIpc) is 2.93. The first-order valence-electron chi connectivity index (χ1n) is 6.51. The summed E-state index contributed by atoms with van der Waals surface area (Å²) in [5.41, 5.74) is 5.76. The van der Waals surface area contributed by atoms with Gasteiger partial charge in [0.25, 0.3) is 5.91 Å².